The number of amides is 1. The van der Waals surface area contributed by atoms with Crippen LogP contribution in [-0.4, -0.2) is 38.3 Å². The number of hydrogen-bond acceptors (Lipinski definition) is 3. The van der Waals surface area contributed by atoms with Crippen LogP contribution in [0.15, 0.2) is 29.2 Å². The van der Waals surface area contributed by atoms with E-state index in [-0.39, 0.29) is 5.91 Å². The number of hydrogen-bond donors (Lipinski definition) is 1. The second-order valence-electron chi connectivity index (χ2n) is 10.8. The van der Waals surface area contributed by atoms with Crippen molar-refractivity contribution in [3.63, 3.8) is 0 Å². The molecule has 0 spiro atoms. The maximum absolute atomic E-state index is 12.8. The van der Waals surface area contributed by atoms with Gasteiger partial charge in [0.15, 0.2) is 0 Å². The Morgan fingerprint density at radius 2 is 1.52 bits per heavy atom. The molecule has 4 bridgehead atoms. The van der Waals surface area contributed by atoms with Crippen LogP contribution in [0.4, 0.5) is 0 Å². The summed E-state index contributed by atoms with van der Waals surface area (Å²) in [4.78, 5) is 12.9. The first-order valence-electron chi connectivity index (χ1n) is 12.3. The summed E-state index contributed by atoms with van der Waals surface area (Å²) in [6.07, 6.45) is 12.3. The minimum atomic E-state index is -3.39. The average molecular weight is 445 g/mol. The number of sulfonamides is 1. The molecule has 1 aromatic rings. The highest BCUT2D eigenvalue weighted by atomic mass is 32.2. The molecule has 1 amide bonds. The zero-order valence-corrected chi connectivity index (χ0v) is 19.3. The van der Waals surface area contributed by atoms with E-state index in [0.717, 1.165) is 49.1 Å². The van der Waals surface area contributed by atoms with Crippen molar-refractivity contribution in [3.05, 3.63) is 29.8 Å². The lowest BCUT2D eigenvalue weighted by Crippen LogP contribution is -2.51. The van der Waals surface area contributed by atoms with Gasteiger partial charge in [0.1, 0.15) is 0 Å². The van der Waals surface area contributed by atoms with E-state index in [1.54, 1.807) is 16.4 Å². The average Bonchev–Trinajstić information content (AvgIpc) is 2.76. The van der Waals surface area contributed by atoms with Crippen molar-refractivity contribution in [1.29, 1.82) is 0 Å². The molecule has 1 heterocycles. The highest BCUT2D eigenvalue weighted by Crippen LogP contribution is 2.59. The number of piperidine rings is 1. The van der Waals surface area contributed by atoms with Crippen molar-refractivity contribution in [3.8, 4) is 0 Å². The van der Waals surface area contributed by atoms with E-state index < -0.39 is 10.0 Å². The van der Waals surface area contributed by atoms with Crippen LogP contribution in [0.25, 0.3) is 0 Å². The van der Waals surface area contributed by atoms with E-state index in [4.69, 9.17) is 0 Å². The van der Waals surface area contributed by atoms with Crippen molar-refractivity contribution in [2.75, 3.05) is 19.6 Å². The predicted octanol–water partition coefficient (Wildman–Crippen LogP) is 4.13. The SMILES string of the molecule is O=C(CCc1ccc(S(=O)(=O)N2CCCCC2)cc1)NCC12CC3CC(CC(C3)C1)C2. The summed E-state index contributed by atoms with van der Waals surface area (Å²) in [7, 11) is -3.39. The minimum absolute atomic E-state index is 0.126. The monoisotopic (exact) mass is 444 g/mol. The standard InChI is InChI=1S/C25H36N2O3S/c28-24(26-18-25-15-20-12-21(16-25)14-22(13-20)17-25)9-6-19-4-7-23(8-5-19)31(29,30)27-10-2-1-3-11-27/h4-5,7-8,20-22H,1-3,6,9-18H2,(H,26,28). The molecular formula is C25H36N2O3S. The number of rotatable bonds is 7. The molecule has 6 rings (SSSR count). The van der Waals surface area contributed by atoms with Gasteiger partial charge in [-0.3, -0.25) is 4.79 Å². The number of nitrogens with one attached hydrogen (secondary N) is 1. The van der Waals surface area contributed by atoms with E-state index in [9.17, 15) is 13.2 Å². The molecule has 4 aliphatic carbocycles. The zero-order valence-electron chi connectivity index (χ0n) is 18.5. The Balaban J connectivity index is 1.11. The molecule has 1 aromatic carbocycles. The molecule has 6 heteroatoms. The molecule has 31 heavy (non-hydrogen) atoms. The first kappa shape index (κ1) is 21.4. The van der Waals surface area contributed by atoms with Crippen LogP contribution in [0.5, 0.6) is 0 Å². The smallest absolute Gasteiger partial charge is 0.243 e. The number of carbonyl (C=O) groups is 1. The summed E-state index contributed by atoms with van der Waals surface area (Å²) in [6, 6.07) is 7.13. The number of aryl methyl sites for hydroxylation is 1. The lowest BCUT2D eigenvalue weighted by atomic mass is 9.49. The van der Waals surface area contributed by atoms with Gasteiger partial charge in [-0.1, -0.05) is 18.6 Å². The highest BCUT2D eigenvalue weighted by Gasteiger charge is 2.50. The normalized spacial score (nSPS) is 32.8. The van der Waals surface area contributed by atoms with Crippen molar-refractivity contribution in [2.45, 2.75) is 75.5 Å². The summed E-state index contributed by atoms with van der Waals surface area (Å²) >= 11 is 0. The summed E-state index contributed by atoms with van der Waals surface area (Å²) in [6.45, 7) is 2.09. The first-order valence-corrected chi connectivity index (χ1v) is 13.7. The fourth-order valence-corrected chi connectivity index (χ4v) is 8.74. The van der Waals surface area contributed by atoms with Crippen molar-refractivity contribution in [2.24, 2.45) is 23.2 Å². The van der Waals surface area contributed by atoms with Gasteiger partial charge in [-0.25, -0.2) is 8.42 Å². The van der Waals surface area contributed by atoms with Gasteiger partial charge in [0, 0.05) is 26.1 Å². The quantitative estimate of drug-likeness (QED) is 0.688. The third-order valence-corrected chi connectivity index (χ3v) is 10.3. The first-order chi connectivity index (χ1) is 14.9. The van der Waals surface area contributed by atoms with Crippen molar-refractivity contribution in [1.82, 2.24) is 9.62 Å². The number of nitrogens with zero attached hydrogens (tertiary/aromatic N) is 1. The Morgan fingerprint density at radius 1 is 0.935 bits per heavy atom. The van der Waals surface area contributed by atoms with Gasteiger partial charge in [-0.2, -0.15) is 4.31 Å². The van der Waals surface area contributed by atoms with E-state index in [0.29, 0.717) is 36.2 Å². The van der Waals surface area contributed by atoms with Crippen LogP contribution in [0.1, 0.15) is 69.8 Å². The number of benzene rings is 1. The fraction of sp³-hybridized carbons (Fsp3) is 0.720. The van der Waals surface area contributed by atoms with Gasteiger partial charge in [0.2, 0.25) is 15.9 Å². The third kappa shape index (κ3) is 4.56. The molecule has 0 radical (unpaired) electrons. The van der Waals surface area contributed by atoms with Gasteiger partial charge in [0.25, 0.3) is 0 Å². The molecule has 0 atom stereocenters. The molecule has 4 saturated carbocycles. The Bertz CT molecular complexity index is 868. The van der Waals surface area contributed by atoms with Gasteiger partial charge >= 0.3 is 0 Å². The van der Waals surface area contributed by atoms with Gasteiger partial charge in [-0.05, 0) is 98.7 Å². The maximum Gasteiger partial charge on any atom is 0.243 e. The molecule has 1 N–H and O–H groups in total. The van der Waals surface area contributed by atoms with Crippen LogP contribution >= 0.6 is 0 Å². The largest absolute Gasteiger partial charge is 0.356 e. The van der Waals surface area contributed by atoms with E-state index in [1.807, 2.05) is 12.1 Å². The van der Waals surface area contributed by atoms with Crippen LogP contribution in [-0.2, 0) is 21.2 Å². The Hall–Kier alpha value is -1.40. The second kappa shape index (κ2) is 8.51. The van der Waals surface area contributed by atoms with Crippen LogP contribution < -0.4 is 5.32 Å². The summed E-state index contributed by atoms with van der Waals surface area (Å²) in [5.74, 6) is 2.84. The van der Waals surface area contributed by atoms with Crippen LogP contribution in [0.3, 0.4) is 0 Å². The molecule has 0 aromatic heterocycles. The second-order valence-corrected chi connectivity index (χ2v) is 12.7. The highest BCUT2D eigenvalue weighted by molar-refractivity contribution is 7.89. The molecule has 1 aliphatic heterocycles. The predicted molar refractivity (Wildman–Crippen MR) is 121 cm³/mol. The lowest BCUT2D eigenvalue weighted by molar-refractivity contribution is -0.123. The summed E-state index contributed by atoms with van der Waals surface area (Å²) < 4.78 is 27.1. The molecule has 1 saturated heterocycles. The Labute approximate surface area is 187 Å². The lowest BCUT2D eigenvalue weighted by Gasteiger charge is -2.56. The topological polar surface area (TPSA) is 66.5 Å². The maximum atomic E-state index is 12.8. The molecular weight excluding hydrogens is 408 g/mol. The molecule has 5 fully saturated rings. The summed E-state index contributed by atoms with van der Waals surface area (Å²) in [5, 5.41) is 3.25. The number of carbonyl (C=O) groups excluding carboxylic acids is 1. The Kier molecular flexibility index (Phi) is 5.89. The van der Waals surface area contributed by atoms with Crippen LogP contribution in [0, 0.1) is 23.2 Å². The fourth-order valence-electron chi connectivity index (χ4n) is 7.22. The molecule has 5 nitrogen and oxygen atoms in total. The van der Waals surface area contributed by atoms with E-state index in [2.05, 4.69) is 5.32 Å². The van der Waals surface area contributed by atoms with Crippen molar-refractivity contribution < 1.29 is 13.2 Å². The Morgan fingerprint density at radius 3 is 2.10 bits per heavy atom. The third-order valence-electron chi connectivity index (χ3n) is 8.34. The van der Waals surface area contributed by atoms with E-state index in [1.165, 1.54) is 38.5 Å². The van der Waals surface area contributed by atoms with Gasteiger partial charge in [0.05, 0.1) is 4.90 Å². The minimum Gasteiger partial charge on any atom is -0.356 e. The van der Waals surface area contributed by atoms with Gasteiger partial charge in [-0.15, -0.1) is 0 Å². The van der Waals surface area contributed by atoms with Gasteiger partial charge < -0.3 is 5.32 Å². The zero-order chi connectivity index (χ0) is 21.5. The van der Waals surface area contributed by atoms with E-state index >= 15 is 0 Å². The molecule has 170 valence electrons. The molecule has 5 aliphatic rings. The summed E-state index contributed by atoms with van der Waals surface area (Å²) in [5.41, 5.74) is 1.39. The van der Waals surface area contributed by atoms with Crippen LogP contribution in [0.2, 0.25) is 0 Å². The van der Waals surface area contributed by atoms with Crippen molar-refractivity contribution >= 4 is 15.9 Å². The molecule has 0 unspecified atom stereocenters.